The van der Waals surface area contributed by atoms with Gasteiger partial charge >= 0.3 is 0 Å². The molecular formula is C22H29FN6O. The first-order valence-corrected chi connectivity index (χ1v) is 10.5. The molecule has 1 unspecified atom stereocenters. The van der Waals surface area contributed by atoms with Crippen molar-refractivity contribution in [2.75, 3.05) is 0 Å². The number of rotatable bonds is 6. The van der Waals surface area contributed by atoms with E-state index in [9.17, 15) is 9.18 Å². The van der Waals surface area contributed by atoms with E-state index in [-0.39, 0.29) is 35.2 Å². The Bertz CT molecular complexity index is 1010. The van der Waals surface area contributed by atoms with Crippen molar-refractivity contribution in [1.82, 2.24) is 20.1 Å². The Hall–Kier alpha value is -2.77. The summed E-state index contributed by atoms with van der Waals surface area (Å²) in [5, 5.41) is 15.7. The lowest BCUT2D eigenvalue weighted by Crippen LogP contribution is -2.38. The summed E-state index contributed by atoms with van der Waals surface area (Å²) in [4.78, 5) is 17.3. The van der Waals surface area contributed by atoms with E-state index in [1.54, 1.807) is 23.1 Å². The molecule has 2 aliphatic carbocycles. The monoisotopic (exact) mass is 412 g/mol. The summed E-state index contributed by atoms with van der Waals surface area (Å²) in [6.45, 7) is 3.09. The van der Waals surface area contributed by atoms with E-state index in [1.165, 1.54) is 20.3 Å². The third kappa shape index (κ3) is 3.95. The Labute approximate surface area is 175 Å². The predicted octanol–water partition coefficient (Wildman–Crippen LogP) is 3.54. The summed E-state index contributed by atoms with van der Waals surface area (Å²) in [5.41, 5.74) is 6.62. The summed E-state index contributed by atoms with van der Waals surface area (Å²) < 4.78 is 15.7. The summed E-state index contributed by atoms with van der Waals surface area (Å²) in [7, 11) is 0. The van der Waals surface area contributed by atoms with Crippen LogP contribution in [0.3, 0.4) is 0 Å². The normalized spacial score (nSPS) is 21.4. The molecule has 4 rings (SSSR count). The van der Waals surface area contributed by atoms with Gasteiger partial charge in [0.25, 0.3) is 0 Å². The van der Waals surface area contributed by atoms with Gasteiger partial charge in [-0.05, 0) is 51.0 Å². The van der Waals surface area contributed by atoms with Crippen LogP contribution in [-0.2, 0) is 11.3 Å². The van der Waals surface area contributed by atoms with Gasteiger partial charge in [0.15, 0.2) is 0 Å². The number of hydrogen-bond donors (Lipinski definition) is 3. The predicted molar refractivity (Wildman–Crippen MR) is 114 cm³/mol. The number of aromatic nitrogens is 3. The quantitative estimate of drug-likeness (QED) is 0.630. The van der Waals surface area contributed by atoms with E-state index in [0.717, 1.165) is 43.7 Å². The van der Waals surface area contributed by atoms with Crippen molar-refractivity contribution >= 4 is 28.7 Å². The Morgan fingerprint density at radius 3 is 2.83 bits per heavy atom. The van der Waals surface area contributed by atoms with Crippen LogP contribution in [-0.4, -0.2) is 32.6 Å². The second-order valence-electron chi connectivity index (χ2n) is 9.27. The molecule has 2 aromatic rings. The fourth-order valence-electron chi connectivity index (χ4n) is 4.61. The molecule has 8 heteroatoms. The smallest absolute Gasteiger partial charge is 0.228 e. The third-order valence-electron chi connectivity index (χ3n) is 6.39. The van der Waals surface area contributed by atoms with Gasteiger partial charge in [-0.2, -0.15) is 5.10 Å². The highest BCUT2D eigenvalue weighted by Crippen LogP contribution is 2.59. The van der Waals surface area contributed by atoms with Crippen molar-refractivity contribution in [2.45, 2.75) is 64.6 Å². The molecule has 2 fully saturated rings. The van der Waals surface area contributed by atoms with Gasteiger partial charge in [0.2, 0.25) is 5.91 Å². The highest BCUT2D eigenvalue weighted by atomic mass is 19.1. The molecule has 2 aliphatic rings. The van der Waals surface area contributed by atoms with E-state index in [4.69, 9.17) is 11.1 Å². The van der Waals surface area contributed by atoms with Crippen LogP contribution in [0.2, 0.25) is 0 Å². The zero-order chi connectivity index (χ0) is 21.5. The Morgan fingerprint density at radius 1 is 1.40 bits per heavy atom. The molecule has 1 amide bonds. The average Bonchev–Trinajstić information content (AvgIpc) is 3.36. The van der Waals surface area contributed by atoms with Crippen molar-refractivity contribution < 1.29 is 9.18 Å². The van der Waals surface area contributed by atoms with E-state index in [0.29, 0.717) is 11.2 Å². The number of nitrogens with zero attached hydrogens (tertiary/aromatic N) is 3. The molecule has 4 N–H and O–H groups in total. The van der Waals surface area contributed by atoms with Crippen molar-refractivity contribution in [3.8, 4) is 0 Å². The minimum Gasteiger partial charge on any atom is -0.395 e. The number of alkyl halides is 1. The van der Waals surface area contributed by atoms with Gasteiger partial charge < -0.3 is 16.5 Å². The van der Waals surface area contributed by atoms with E-state index in [1.807, 2.05) is 0 Å². The summed E-state index contributed by atoms with van der Waals surface area (Å²) in [5.74, 6) is -0.0726. The second kappa shape index (κ2) is 7.49. The standard InChI is InChI=1S/C22H29FN6O/c1-21(2,23)13-29-18-9-16(26-11-14(18)12-27-29)19(25)17(10-24)28-20(30)15-5-3-4-6-22(15)7-8-22/h9-12,15,24H,3-8,13,25H2,1-2H3,(H,28,30)/b19-17+,24-10?. The lowest BCUT2D eigenvalue weighted by atomic mass is 9.76. The number of allylic oxidation sites excluding steroid dienone is 1. The molecule has 2 heterocycles. The van der Waals surface area contributed by atoms with Crippen molar-refractivity contribution in [3.63, 3.8) is 0 Å². The van der Waals surface area contributed by atoms with Gasteiger partial charge in [0.1, 0.15) is 5.67 Å². The molecule has 160 valence electrons. The fraction of sp³-hybridized carbons (Fsp3) is 0.545. The first kappa shape index (κ1) is 20.5. The summed E-state index contributed by atoms with van der Waals surface area (Å²) >= 11 is 0. The van der Waals surface area contributed by atoms with Gasteiger partial charge in [-0.3, -0.25) is 14.5 Å². The van der Waals surface area contributed by atoms with Crippen LogP contribution in [0.15, 0.2) is 24.2 Å². The van der Waals surface area contributed by atoms with Crippen LogP contribution in [0.5, 0.6) is 0 Å². The first-order valence-electron chi connectivity index (χ1n) is 10.5. The highest BCUT2D eigenvalue weighted by Gasteiger charge is 2.52. The van der Waals surface area contributed by atoms with Gasteiger partial charge in [-0.25, -0.2) is 4.39 Å². The van der Waals surface area contributed by atoms with E-state index < -0.39 is 5.67 Å². The van der Waals surface area contributed by atoms with Gasteiger partial charge in [0.05, 0.1) is 35.3 Å². The lowest BCUT2D eigenvalue weighted by Gasteiger charge is -2.30. The second-order valence-corrected chi connectivity index (χ2v) is 9.27. The van der Waals surface area contributed by atoms with E-state index in [2.05, 4.69) is 15.4 Å². The van der Waals surface area contributed by atoms with Crippen LogP contribution in [0, 0.1) is 16.7 Å². The van der Waals surface area contributed by atoms with E-state index >= 15 is 0 Å². The molecule has 2 saturated carbocycles. The minimum atomic E-state index is -1.42. The molecule has 0 saturated heterocycles. The zero-order valence-electron chi connectivity index (χ0n) is 17.5. The molecule has 1 spiro atoms. The number of amides is 1. The number of hydrogen-bond acceptors (Lipinski definition) is 5. The molecule has 0 radical (unpaired) electrons. The number of carbonyl (C=O) groups is 1. The summed E-state index contributed by atoms with van der Waals surface area (Å²) in [6.07, 6.45) is 10.8. The number of nitrogens with two attached hydrogens (primary N) is 1. The molecule has 0 bridgehead atoms. The zero-order valence-corrected chi connectivity index (χ0v) is 17.5. The third-order valence-corrected chi connectivity index (χ3v) is 6.39. The highest BCUT2D eigenvalue weighted by molar-refractivity contribution is 5.95. The number of pyridine rings is 1. The average molecular weight is 413 g/mol. The number of fused-ring (bicyclic) bond motifs is 1. The molecule has 2 aromatic heterocycles. The van der Waals surface area contributed by atoms with Crippen LogP contribution in [0.4, 0.5) is 4.39 Å². The Balaban J connectivity index is 1.61. The first-order chi connectivity index (χ1) is 14.2. The topological polar surface area (TPSA) is 110 Å². The lowest BCUT2D eigenvalue weighted by molar-refractivity contribution is -0.127. The number of halogens is 1. The molecule has 7 nitrogen and oxygen atoms in total. The minimum absolute atomic E-state index is 0.0161. The van der Waals surface area contributed by atoms with Crippen molar-refractivity contribution in [2.24, 2.45) is 17.1 Å². The maximum atomic E-state index is 14.1. The van der Waals surface area contributed by atoms with Crippen molar-refractivity contribution in [1.29, 1.82) is 5.41 Å². The van der Waals surface area contributed by atoms with Gasteiger partial charge in [-0.1, -0.05) is 12.8 Å². The molecule has 30 heavy (non-hydrogen) atoms. The Morgan fingerprint density at radius 2 is 2.17 bits per heavy atom. The van der Waals surface area contributed by atoms with Gasteiger partial charge in [0, 0.05) is 23.7 Å². The number of nitrogens with one attached hydrogen (secondary N) is 2. The maximum absolute atomic E-state index is 14.1. The molecule has 1 atom stereocenters. The van der Waals surface area contributed by atoms with Crippen LogP contribution in [0.25, 0.3) is 16.6 Å². The SMILES string of the molecule is CC(C)(F)Cn1ncc2cnc(/C(N)=C(/C=N)NC(=O)C3CCCCC34CC4)cc21. The van der Waals surface area contributed by atoms with Gasteiger partial charge in [-0.15, -0.1) is 0 Å². The van der Waals surface area contributed by atoms with Crippen molar-refractivity contribution in [3.05, 3.63) is 29.9 Å². The summed E-state index contributed by atoms with van der Waals surface area (Å²) in [6, 6.07) is 1.72. The molecule has 0 aliphatic heterocycles. The van der Waals surface area contributed by atoms with Crippen LogP contribution in [0.1, 0.15) is 58.1 Å². The van der Waals surface area contributed by atoms with Crippen LogP contribution >= 0.6 is 0 Å². The van der Waals surface area contributed by atoms with Crippen LogP contribution < -0.4 is 11.1 Å². The fourth-order valence-corrected chi connectivity index (χ4v) is 4.61. The molecule has 0 aromatic carbocycles. The largest absolute Gasteiger partial charge is 0.395 e. The molecular weight excluding hydrogens is 383 g/mol. The maximum Gasteiger partial charge on any atom is 0.228 e. The Kier molecular flexibility index (Phi) is 5.11. The number of carbonyl (C=O) groups excluding carboxylic acids is 1.